The minimum atomic E-state index is -4.46. The van der Waals surface area contributed by atoms with E-state index in [2.05, 4.69) is 15.3 Å². The maximum absolute atomic E-state index is 12.6. The zero-order valence-corrected chi connectivity index (χ0v) is 18.4. The Morgan fingerprint density at radius 1 is 0.943 bits per heavy atom. The second kappa shape index (κ2) is 9.24. The molecule has 0 unspecified atom stereocenters. The van der Waals surface area contributed by atoms with Crippen LogP contribution < -0.4 is 9.47 Å². The second-order valence-corrected chi connectivity index (χ2v) is 8.07. The summed E-state index contributed by atoms with van der Waals surface area (Å²) in [6.45, 7) is 1.05. The first-order valence-electron chi connectivity index (χ1n) is 10.9. The number of piperidine rings is 1. The Morgan fingerprint density at radius 2 is 1.66 bits per heavy atom. The molecule has 3 heterocycles. The number of halogens is 3. The van der Waals surface area contributed by atoms with E-state index in [0.717, 1.165) is 36.0 Å². The van der Waals surface area contributed by atoms with E-state index in [1.165, 1.54) is 0 Å². The summed E-state index contributed by atoms with van der Waals surface area (Å²) in [5, 5.41) is 8.47. The molecule has 0 atom stereocenters. The van der Waals surface area contributed by atoms with Crippen LogP contribution in [-0.4, -0.2) is 44.1 Å². The van der Waals surface area contributed by atoms with E-state index in [0.29, 0.717) is 30.8 Å². The van der Waals surface area contributed by atoms with Gasteiger partial charge in [-0.3, -0.25) is 0 Å². The average Bonchev–Trinajstić information content (AvgIpc) is 3.29. The summed E-state index contributed by atoms with van der Waals surface area (Å²) in [5.41, 5.74) is 0.962. The predicted molar refractivity (Wildman–Crippen MR) is 119 cm³/mol. The number of hydrogen-bond donors (Lipinski definition) is 0. The minimum absolute atomic E-state index is 0.0192. The van der Waals surface area contributed by atoms with E-state index in [9.17, 15) is 18.0 Å². The van der Waals surface area contributed by atoms with Crippen molar-refractivity contribution in [3.8, 4) is 17.4 Å². The van der Waals surface area contributed by atoms with Gasteiger partial charge in [0.15, 0.2) is 0 Å². The van der Waals surface area contributed by atoms with Gasteiger partial charge < -0.3 is 14.4 Å². The standard InChI is InChI=1S/C24H20F3N5O3/c25-24(26,27)16-5-10-22(28-15-16)34-18-6-8-19(9-7-18)35-23(33)31-13-11-17(12-14-31)32-21-4-2-1-3-20(21)29-30-32/h1-10,15,17H,11-14H2. The summed E-state index contributed by atoms with van der Waals surface area (Å²) < 4.78 is 50.8. The number of alkyl halides is 3. The van der Waals surface area contributed by atoms with Gasteiger partial charge in [-0.05, 0) is 55.3 Å². The molecule has 4 aromatic rings. The van der Waals surface area contributed by atoms with Crippen molar-refractivity contribution in [2.24, 2.45) is 0 Å². The van der Waals surface area contributed by atoms with E-state index in [-0.39, 0.29) is 11.9 Å². The molecule has 0 bridgehead atoms. The van der Waals surface area contributed by atoms with Gasteiger partial charge in [-0.15, -0.1) is 5.10 Å². The SMILES string of the molecule is O=C(Oc1ccc(Oc2ccc(C(F)(F)F)cn2)cc1)N1CCC(n2nnc3ccccc32)CC1. The number of para-hydroxylation sites is 1. The lowest BCUT2D eigenvalue weighted by Crippen LogP contribution is -2.40. The van der Waals surface area contributed by atoms with Gasteiger partial charge in [0.05, 0.1) is 17.1 Å². The maximum atomic E-state index is 12.6. The van der Waals surface area contributed by atoms with Crippen molar-refractivity contribution in [2.45, 2.75) is 25.1 Å². The number of pyridine rings is 1. The number of amides is 1. The average molecular weight is 483 g/mol. The molecule has 180 valence electrons. The van der Waals surface area contributed by atoms with E-state index in [1.54, 1.807) is 29.2 Å². The fourth-order valence-electron chi connectivity index (χ4n) is 3.92. The number of rotatable bonds is 4. The number of nitrogens with zero attached hydrogens (tertiary/aromatic N) is 5. The van der Waals surface area contributed by atoms with Gasteiger partial charge in [0.1, 0.15) is 17.0 Å². The Labute approximate surface area is 197 Å². The molecule has 1 amide bonds. The molecule has 2 aromatic carbocycles. The molecular formula is C24H20F3N5O3. The van der Waals surface area contributed by atoms with Crippen LogP contribution in [-0.2, 0) is 6.18 Å². The van der Waals surface area contributed by atoms with Crippen LogP contribution in [0.1, 0.15) is 24.4 Å². The summed E-state index contributed by atoms with van der Waals surface area (Å²) in [4.78, 5) is 17.9. The molecule has 1 saturated heterocycles. The highest BCUT2D eigenvalue weighted by atomic mass is 19.4. The molecule has 5 rings (SSSR count). The molecule has 0 aliphatic carbocycles. The van der Waals surface area contributed by atoms with Crippen molar-refractivity contribution in [1.29, 1.82) is 0 Å². The molecular weight excluding hydrogens is 463 g/mol. The summed E-state index contributed by atoms with van der Waals surface area (Å²) in [7, 11) is 0. The third-order valence-electron chi connectivity index (χ3n) is 5.76. The number of hydrogen-bond acceptors (Lipinski definition) is 6. The van der Waals surface area contributed by atoms with Crippen molar-refractivity contribution >= 4 is 17.1 Å². The first-order chi connectivity index (χ1) is 16.9. The Morgan fingerprint density at radius 3 is 2.34 bits per heavy atom. The number of benzene rings is 2. The normalized spacial score (nSPS) is 14.8. The number of aromatic nitrogens is 4. The lowest BCUT2D eigenvalue weighted by molar-refractivity contribution is -0.137. The highest BCUT2D eigenvalue weighted by Gasteiger charge is 2.31. The summed E-state index contributed by atoms with van der Waals surface area (Å²) in [6, 6.07) is 16.1. The first-order valence-corrected chi connectivity index (χ1v) is 10.9. The van der Waals surface area contributed by atoms with Crippen molar-refractivity contribution in [3.05, 3.63) is 72.4 Å². The molecule has 8 nitrogen and oxygen atoms in total. The first kappa shape index (κ1) is 22.6. The number of ether oxygens (including phenoxy) is 2. The molecule has 0 saturated carbocycles. The van der Waals surface area contributed by atoms with E-state index in [1.807, 2.05) is 28.9 Å². The largest absolute Gasteiger partial charge is 0.439 e. The second-order valence-electron chi connectivity index (χ2n) is 8.07. The number of fused-ring (bicyclic) bond motifs is 1. The van der Waals surface area contributed by atoms with Crippen LogP contribution in [0.25, 0.3) is 11.0 Å². The Kier molecular flexibility index (Phi) is 5.98. The molecule has 0 N–H and O–H groups in total. The van der Waals surface area contributed by atoms with Crippen molar-refractivity contribution in [3.63, 3.8) is 0 Å². The van der Waals surface area contributed by atoms with Crippen molar-refractivity contribution in [2.75, 3.05) is 13.1 Å². The van der Waals surface area contributed by atoms with Crippen LogP contribution >= 0.6 is 0 Å². The van der Waals surface area contributed by atoms with E-state index >= 15 is 0 Å². The molecule has 1 fully saturated rings. The molecule has 2 aromatic heterocycles. The van der Waals surface area contributed by atoms with Gasteiger partial charge >= 0.3 is 12.3 Å². The Balaban J connectivity index is 1.14. The van der Waals surface area contributed by atoms with Crippen LogP contribution in [0, 0.1) is 0 Å². The zero-order chi connectivity index (χ0) is 24.4. The fraction of sp³-hybridized carbons (Fsp3) is 0.250. The van der Waals surface area contributed by atoms with Crippen LogP contribution in [0.3, 0.4) is 0 Å². The summed E-state index contributed by atoms with van der Waals surface area (Å²) in [6.07, 6.45) is -2.74. The van der Waals surface area contributed by atoms with Gasteiger partial charge in [-0.2, -0.15) is 13.2 Å². The van der Waals surface area contributed by atoms with Crippen molar-refractivity contribution < 1.29 is 27.4 Å². The van der Waals surface area contributed by atoms with Gasteiger partial charge in [0.25, 0.3) is 0 Å². The Bertz CT molecular complexity index is 1310. The lowest BCUT2D eigenvalue weighted by atomic mass is 10.1. The monoisotopic (exact) mass is 483 g/mol. The summed E-state index contributed by atoms with van der Waals surface area (Å²) >= 11 is 0. The lowest BCUT2D eigenvalue weighted by Gasteiger charge is -2.31. The van der Waals surface area contributed by atoms with Crippen LogP contribution in [0.2, 0.25) is 0 Å². The van der Waals surface area contributed by atoms with Crippen LogP contribution in [0.4, 0.5) is 18.0 Å². The third-order valence-corrected chi connectivity index (χ3v) is 5.76. The number of carbonyl (C=O) groups is 1. The highest BCUT2D eigenvalue weighted by Crippen LogP contribution is 2.30. The summed E-state index contributed by atoms with van der Waals surface area (Å²) in [5.74, 6) is 0.691. The van der Waals surface area contributed by atoms with Gasteiger partial charge in [-0.1, -0.05) is 17.3 Å². The zero-order valence-electron chi connectivity index (χ0n) is 18.4. The highest BCUT2D eigenvalue weighted by molar-refractivity contribution is 5.74. The quantitative estimate of drug-likeness (QED) is 0.383. The predicted octanol–water partition coefficient (Wildman–Crippen LogP) is 5.47. The van der Waals surface area contributed by atoms with Gasteiger partial charge in [0.2, 0.25) is 5.88 Å². The van der Waals surface area contributed by atoms with E-state index < -0.39 is 17.8 Å². The van der Waals surface area contributed by atoms with Gasteiger partial charge in [0, 0.05) is 25.4 Å². The fourth-order valence-corrected chi connectivity index (χ4v) is 3.92. The molecule has 1 aliphatic rings. The molecule has 0 radical (unpaired) electrons. The smallest absolute Gasteiger partial charge is 0.417 e. The topological polar surface area (TPSA) is 82.4 Å². The molecule has 35 heavy (non-hydrogen) atoms. The number of likely N-dealkylation sites (tertiary alicyclic amines) is 1. The van der Waals surface area contributed by atoms with Crippen molar-refractivity contribution in [1.82, 2.24) is 24.9 Å². The maximum Gasteiger partial charge on any atom is 0.417 e. The van der Waals surface area contributed by atoms with Crippen LogP contribution in [0.15, 0.2) is 66.9 Å². The molecule has 11 heteroatoms. The minimum Gasteiger partial charge on any atom is -0.439 e. The van der Waals surface area contributed by atoms with Crippen LogP contribution in [0.5, 0.6) is 17.4 Å². The van der Waals surface area contributed by atoms with E-state index in [4.69, 9.17) is 9.47 Å². The Hall–Kier alpha value is -4.15. The molecule has 1 aliphatic heterocycles. The van der Waals surface area contributed by atoms with Gasteiger partial charge in [-0.25, -0.2) is 14.5 Å². The third kappa shape index (κ3) is 5.03. The molecule has 0 spiro atoms. The number of carbonyl (C=O) groups excluding carboxylic acids is 1.